The van der Waals surface area contributed by atoms with Gasteiger partial charge in [0.15, 0.2) is 5.54 Å². The van der Waals surface area contributed by atoms with Crippen molar-refractivity contribution in [2.24, 2.45) is 17.6 Å². The highest BCUT2D eigenvalue weighted by Crippen LogP contribution is 2.40. The molecule has 0 aliphatic heterocycles. The van der Waals surface area contributed by atoms with Crippen LogP contribution in [-0.2, 0) is 31.3 Å². The van der Waals surface area contributed by atoms with Gasteiger partial charge < -0.3 is 31.3 Å². The van der Waals surface area contributed by atoms with E-state index in [1.807, 2.05) is 57.2 Å². The van der Waals surface area contributed by atoms with Gasteiger partial charge in [-0.15, -0.1) is 0 Å². The monoisotopic (exact) mass is 690 g/mol. The van der Waals surface area contributed by atoms with E-state index in [0.717, 1.165) is 10.3 Å². The van der Waals surface area contributed by atoms with Crippen molar-refractivity contribution < 1.29 is 34.1 Å². The number of nitrogens with one attached hydrogen (secondary N) is 2. The van der Waals surface area contributed by atoms with E-state index < -0.39 is 47.6 Å². The smallest absolute Gasteiger partial charge is 0.418 e. The molecule has 5 atom stereocenters. The number of unbranched alkanes of at least 4 members (excludes halogenated alkanes) is 1. The van der Waals surface area contributed by atoms with Gasteiger partial charge in [-0.25, -0.2) is 9.69 Å². The highest BCUT2D eigenvalue weighted by atomic mass is 16.6. The minimum absolute atomic E-state index is 0.00600. The second-order valence-corrected chi connectivity index (χ2v) is 13.3. The van der Waals surface area contributed by atoms with Gasteiger partial charge in [0.25, 0.3) is 5.91 Å². The fourth-order valence-corrected chi connectivity index (χ4v) is 6.42. The van der Waals surface area contributed by atoms with E-state index in [2.05, 4.69) is 10.6 Å². The number of nitrogens with two attached hydrogens (primary N) is 1. The zero-order chi connectivity index (χ0) is 36.8. The lowest BCUT2D eigenvalue weighted by Gasteiger charge is -2.43. The first-order chi connectivity index (χ1) is 23.9. The number of nitrogens with zero attached hydrogens (tertiary/aromatic N) is 1. The summed E-state index contributed by atoms with van der Waals surface area (Å²) in [4.78, 5) is 57.4. The molecule has 6 N–H and O–H groups in total. The van der Waals surface area contributed by atoms with E-state index in [-0.39, 0.29) is 44.3 Å². The molecule has 3 aromatic carbocycles. The molecule has 0 spiro atoms. The number of rotatable bonds is 18. The molecule has 0 fully saturated rings. The number of benzene rings is 3. The summed E-state index contributed by atoms with van der Waals surface area (Å²) in [6, 6.07) is 19.8. The molecule has 11 heteroatoms. The number of amides is 4. The van der Waals surface area contributed by atoms with Crippen molar-refractivity contribution in [1.29, 1.82) is 0 Å². The average molecular weight is 691 g/mol. The Bertz CT molecular complexity index is 1560. The van der Waals surface area contributed by atoms with Gasteiger partial charge in [0.2, 0.25) is 11.8 Å². The van der Waals surface area contributed by atoms with Crippen molar-refractivity contribution in [2.45, 2.75) is 96.6 Å². The molecule has 0 bridgehead atoms. The number of hydrogen-bond donors (Lipinski definition) is 5. The third kappa shape index (κ3) is 9.89. The standard InChI is InChI=1S/C39H54N4O7/c1-6-7-21-39(32-19-13-17-29-16-11-12-18-31(29)32,43(36(47)27(4)40)38(49)50-25-28-14-9-8-10-15-28)37(48)42-33(23-26(2)3)34(45)24-30(20-22-44)35(46)41-5/h8-19,26-27,30,33-34,44-45H,6-7,20-25,40H2,1-5H3,(H,41,46)(H,42,48)/t27-,30?,33-,34-,39+/m0/s1. The molecule has 0 saturated carbocycles. The maximum atomic E-state index is 15.3. The zero-order valence-corrected chi connectivity index (χ0v) is 29.9. The Morgan fingerprint density at radius 2 is 1.60 bits per heavy atom. The summed E-state index contributed by atoms with van der Waals surface area (Å²) in [5.41, 5.74) is 5.36. The van der Waals surface area contributed by atoms with Crippen LogP contribution < -0.4 is 16.4 Å². The lowest BCUT2D eigenvalue weighted by Crippen LogP contribution is -2.64. The number of imide groups is 1. The minimum Gasteiger partial charge on any atom is -0.444 e. The van der Waals surface area contributed by atoms with E-state index in [4.69, 9.17) is 10.5 Å². The predicted octanol–water partition coefficient (Wildman–Crippen LogP) is 4.76. The lowest BCUT2D eigenvalue weighted by molar-refractivity contribution is -0.149. The van der Waals surface area contributed by atoms with Gasteiger partial charge in [0.1, 0.15) is 6.61 Å². The predicted molar refractivity (Wildman–Crippen MR) is 194 cm³/mol. The van der Waals surface area contributed by atoms with Crippen LogP contribution in [0, 0.1) is 11.8 Å². The van der Waals surface area contributed by atoms with Crippen LogP contribution in [0.25, 0.3) is 10.8 Å². The maximum absolute atomic E-state index is 15.3. The Hall–Kier alpha value is -4.32. The van der Waals surface area contributed by atoms with Crippen molar-refractivity contribution in [3.05, 3.63) is 83.9 Å². The fraction of sp³-hybridized carbons (Fsp3) is 0.487. The molecule has 3 rings (SSSR count). The van der Waals surface area contributed by atoms with E-state index >= 15 is 4.79 Å². The fourth-order valence-electron chi connectivity index (χ4n) is 6.42. The summed E-state index contributed by atoms with van der Waals surface area (Å²) in [6.07, 6.45) is -0.698. The van der Waals surface area contributed by atoms with E-state index in [1.54, 1.807) is 36.4 Å². The molecule has 0 saturated heterocycles. The molecule has 0 aliphatic carbocycles. The Morgan fingerprint density at radius 1 is 0.940 bits per heavy atom. The molecule has 50 heavy (non-hydrogen) atoms. The summed E-state index contributed by atoms with van der Waals surface area (Å²) < 4.78 is 5.78. The summed E-state index contributed by atoms with van der Waals surface area (Å²) >= 11 is 0. The van der Waals surface area contributed by atoms with E-state index in [1.165, 1.54) is 14.0 Å². The molecular formula is C39H54N4O7. The van der Waals surface area contributed by atoms with Gasteiger partial charge in [-0.1, -0.05) is 106 Å². The second-order valence-electron chi connectivity index (χ2n) is 13.3. The molecule has 0 aromatic heterocycles. The number of carbonyl (C=O) groups excluding carboxylic acids is 4. The zero-order valence-electron chi connectivity index (χ0n) is 29.9. The van der Waals surface area contributed by atoms with Crippen molar-refractivity contribution in [2.75, 3.05) is 13.7 Å². The van der Waals surface area contributed by atoms with Gasteiger partial charge in [-0.05, 0) is 60.4 Å². The Morgan fingerprint density at radius 3 is 2.22 bits per heavy atom. The normalized spacial score (nSPS) is 15.0. The molecule has 0 heterocycles. The molecule has 11 nitrogen and oxygen atoms in total. The number of aliphatic hydroxyl groups excluding tert-OH is 2. The largest absolute Gasteiger partial charge is 0.444 e. The third-order valence-electron chi connectivity index (χ3n) is 9.01. The SMILES string of the molecule is CCCC[C@](C(=O)N[C@@H](CC(C)C)[C@@H](O)CC(CCO)C(=O)NC)(c1cccc2ccccc12)N(C(=O)OCc1ccccc1)C(=O)[C@H](C)N. The van der Waals surface area contributed by atoms with Crippen LogP contribution in [-0.4, -0.2) is 70.8 Å². The Balaban J connectivity index is 2.27. The van der Waals surface area contributed by atoms with Gasteiger partial charge in [0.05, 0.1) is 18.2 Å². The van der Waals surface area contributed by atoms with Crippen LogP contribution in [0.2, 0.25) is 0 Å². The van der Waals surface area contributed by atoms with Crippen LogP contribution in [0.15, 0.2) is 72.8 Å². The second kappa shape index (κ2) is 19.2. The summed E-state index contributed by atoms with van der Waals surface area (Å²) in [5.74, 6) is -2.53. The highest BCUT2D eigenvalue weighted by molar-refractivity contribution is 6.05. The first-order valence-electron chi connectivity index (χ1n) is 17.5. The Kier molecular flexibility index (Phi) is 15.4. The molecule has 3 aromatic rings. The highest BCUT2D eigenvalue weighted by Gasteiger charge is 2.53. The molecule has 1 unspecified atom stereocenters. The van der Waals surface area contributed by atoms with Crippen molar-refractivity contribution in [3.63, 3.8) is 0 Å². The van der Waals surface area contributed by atoms with Crippen molar-refractivity contribution >= 4 is 34.6 Å². The van der Waals surface area contributed by atoms with Crippen molar-refractivity contribution in [3.8, 4) is 0 Å². The van der Waals surface area contributed by atoms with E-state index in [0.29, 0.717) is 35.8 Å². The molecular weight excluding hydrogens is 636 g/mol. The number of fused-ring (bicyclic) bond motifs is 1. The number of hydrogen-bond acceptors (Lipinski definition) is 8. The van der Waals surface area contributed by atoms with Gasteiger partial charge in [0, 0.05) is 19.6 Å². The average Bonchev–Trinajstić information content (AvgIpc) is 3.11. The topological polar surface area (TPSA) is 171 Å². The Labute approximate surface area is 295 Å². The first kappa shape index (κ1) is 40.1. The van der Waals surface area contributed by atoms with Crippen LogP contribution >= 0.6 is 0 Å². The van der Waals surface area contributed by atoms with Crippen molar-refractivity contribution in [1.82, 2.24) is 15.5 Å². The van der Waals surface area contributed by atoms with Crippen LogP contribution in [0.4, 0.5) is 4.79 Å². The maximum Gasteiger partial charge on any atom is 0.418 e. The molecule has 0 radical (unpaired) electrons. The first-order valence-corrected chi connectivity index (χ1v) is 17.5. The quantitative estimate of drug-likeness (QED) is 0.127. The third-order valence-corrected chi connectivity index (χ3v) is 9.01. The summed E-state index contributed by atoms with van der Waals surface area (Å²) in [7, 11) is 1.49. The van der Waals surface area contributed by atoms with Gasteiger partial charge in [-0.2, -0.15) is 0 Å². The summed E-state index contributed by atoms with van der Waals surface area (Å²) in [5, 5.41) is 28.3. The minimum atomic E-state index is -1.95. The lowest BCUT2D eigenvalue weighted by atomic mass is 9.78. The van der Waals surface area contributed by atoms with Crippen LogP contribution in [0.1, 0.15) is 77.3 Å². The number of carbonyl (C=O) groups is 4. The van der Waals surface area contributed by atoms with Gasteiger partial charge >= 0.3 is 6.09 Å². The molecule has 4 amide bonds. The van der Waals surface area contributed by atoms with E-state index in [9.17, 15) is 24.6 Å². The number of aliphatic hydroxyl groups is 2. The van der Waals surface area contributed by atoms with Crippen LogP contribution in [0.3, 0.4) is 0 Å². The number of ether oxygens (including phenoxy) is 1. The summed E-state index contributed by atoms with van der Waals surface area (Å²) in [6.45, 7) is 6.88. The molecule has 0 aliphatic rings. The van der Waals surface area contributed by atoms with Crippen LogP contribution in [0.5, 0.6) is 0 Å². The van der Waals surface area contributed by atoms with Gasteiger partial charge in [-0.3, -0.25) is 14.4 Å². The molecule has 272 valence electrons.